The Labute approximate surface area is 214 Å². The molecule has 1 aliphatic rings. The number of rotatable bonds is 11. The van der Waals surface area contributed by atoms with Crippen molar-refractivity contribution in [1.29, 1.82) is 0 Å². The number of halogens is 1. The van der Waals surface area contributed by atoms with Crippen LogP contribution in [0.3, 0.4) is 0 Å². The van der Waals surface area contributed by atoms with E-state index in [1.807, 2.05) is 0 Å². The fourth-order valence-corrected chi connectivity index (χ4v) is 4.06. The molecule has 1 amide bonds. The number of nitrogens with zero attached hydrogens (tertiary/aromatic N) is 3. The Kier molecular flexibility index (Phi) is 10.0. The molecule has 12 nitrogen and oxygen atoms in total. The van der Waals surface area contributed by atoms with Crippen molar-refractivity contribution in [3.8, 4) is 11.5 Å². The van der Waals surface area contributed by atoms with E-state index in [-0.39, 0.29) is 49.3 Å². The molecule has 0 aliphatic carbocycles. The molecule has 0 atom stereocenters. The fraction of sp³-hybridized carbons (Fsp3) is 0.522. The average Bonchev–Trinajstić information content (AvgIpc) is 2.83. The van der Waals surface area contributed by atoms with Crippen LogP contribution in [0.2, 0.25) is 0 Å². The summed E-state index contributed by atoms with van der Waals surface area (Å²) in [6.07, 6.45) is 2.60. The number of carbonyl (C=O) groups is 1. The lowest BCUT2D eigenvalue weighted by atomic mass is 10.1. The number of ether oxygens (including phenoxy) is 3. The molecule has 204 valence electrons. The predicted molar refractivity (Wildman–Crippen MR) is 131 cm³/mol. The first kappa shape index (κ1) is 28.6. The highest BCUT2D eigenvalue weighted by molar-refractivity contribution is 7.46. The van der Waals surface area contributed by atoms with Crippen LogP contribution in [0, 0.1) is 5.95 Å². The average molecular weight is 543 g/mol. The van der Waals surface area contributed by atoms with Crippen molar-refractivity contribution in [1.82, 2.24) is 14.9 Å². The largest absolute Gasteiger partial charge is 0.490 e. The van der Waals surface area contributed by atoms with Gasteiger partial charge in [-0.05, 0) is 38.8 Å². The normalized spacial score (nSPS) is 14.5. The van der Waals surface area contributed by atoms with Gasteiger partial charge in [-0.15, -0.1) is 0 Å². The zero-order valence-corrected chi connectivity index (χ0v) is 21.8. The van der Waals surface area contributed by atoms with Crippen LogP contribution < -0.4 is 14.8 Å². The Balaban J connectivity index is 1.60. The number of methoxy groups -OCH3 is 1. The molecule has 0 aromatic carbocycles. The summed E-state index contributed by atoms with van der Waals surface area (Å²) >= 11 is 0. The molecule has 0 unspecified atom stereocenters. The van der Waals surface area contributed by atoms with Crippen LogP contribution in [0.25, 0.3) is 0 Å². The van der Waals surface area contributed by atoms with Crippen molar-refractivity contribution in [2.75, 3.05) is 32.1 Å². The summed E-state index contributed by atoms with van der Waals surface area (Å²) in [7, 11) is -3.08. The van der Waals surface area contributed by atoms with Gasteiger partial charge >= 0.3 is 13.9 Å². The summed E-state index contributed by atoms with van der Waals surface area (Å²) in [5.41, 5.74) is 0.466. The van der Waals surface area contributed by atoms with Crippen LogP contribution in [0.4, 0.5) is 20.7 Å². The van der Waals surface area contributed by atoms with Gasteiger partial charge in [-0.1, -0.05) is 0 Å². The number of phosphoric ester groups is 1. The summed E-state index contributed by atoms with van der Waals surface area (Å²) in [6.45, 7) is 4.44. The van der Waals surface area contributed by atoms with Gasteiger partial charge < -0.3 is 34.2 Å². The molecule has 3 rings (SSSR count). The number of phosphoric acid groups is 1. The number of aromatic nitrogens is 2. The smallest absolute Gasteiger partial charge is 0.469 e. The van der Waals surface area contributed by atoms with E-state index in [0.29, 0.717) is 43.1 Å². The Morgan fingerprint density at radius 2 is 2.00 bits per heavy atom. The maximum absolute atomic E-state index is 14.7. The number of hydrogen-bond acceptors (Lipinski definition) is 9. The third-order valence-corrected chi connectivity index (χ3v) is 5.92. The zero-order chi connectivity index (χ0) is 27.0. The Morgan fingerprint density at radius 1 is 1.27 bits per heavy atom. The molecule has 2 aromatic rings. The van der Waals surface area contributed by atoms with Gasteiger partial charge in [-0.2, -0.15) is 4.39 Å². The van der Waals surface area contributed by atoms with E-state index in [1.54, 1.807) is 30.9 Å². The molecular formula is C23H32FN4O8P. The van der Waals surface area contributed by atoms with Crippen LogP contribution in [0.1, 0.15) is 38.8 Å². The predicted octanol–water partition coefficient (Wildman–Crippen LogP) is 3.80. The minimum Gasteiger partial charge on any atom is -0.490 e. The van der Waals surface area contributed by atoms with Crippen molar-refractivity contribution < 1.29 is 42.3 Å². The Bertz CT molecular complexity index is 1110. The Morgan fingerprint density at radius 3 is 2.62 bits per heavy atom. The summed E-state index contributed by atoms with van der Waals surface area (Å²) in [5.74, 6) is 0.186. The molecule has 0 radical (unpaired) electrons. The number of nitrogens with one attached hydrogen (secondary N) is 1. The van der Waals surface area contributed by atoms with E-state index in [1.165, 1.54) is 19.4 Å². The molecule has 0 spiro atoms. The van der Waals surface area contributed by atoms with Crippen molar-refractivity contribution in [3.05, 3.63) is 36.0 Å². The zero-order valence-electron chi connectivity index (χ0n) is 20.9. The number of amides is 1. The first-order valence-corrected chi connectivity index (χ1v) is 13.4. The summed E-state index contributed by atoms with van der Waals surface area (Å²) in [5, 5.41) is 2.87. The minimum absolute atomic E-state index is 0.0649. The highest BCUT2D eigenvalue weighted by Gasteiger charge is 2.26. The molecule has 1 fully saturated rings. The van der Waals surface area contributed by atoms with E-state index >= 15 is 0 Å². The van der Waals surface area contributed by atoms with E-state index in [4.69, 9.17) is 24.0 Å². The van der Waals surface area contributed by atoms with Crippen LogP contribution in [-0.2, 0) is 20.2 Å². The van der Waals surface area contributed by atoms with Crippen molar-refractivity contribution in [2.45, 2.75) is 51.7 Å². The van der Waals surface area contributed by atoms with E-state index in [0.717, 1.165) is 0 Å². The molecule has 3 N–H and O–H groups in total. The van der Waals surface area contributed by atoms with Gasteiger partial charge in [-0.3, -0.25) is 4.52 Å². The third-order valence-electron chi connectivity index (χ3n) is 5.40. The lowest BCUT2D eigenvalue weighted by Crippen LogP contribution is -2.42. The lowest BCUT2D eigenvalue weighted by molar-refractivity contribution is 0.0511. The highest BCUT2D eigenvalue weighted by atomic mass is 31.2. The topological polar surface area (TPSA) is 153 Å². The quantitative estimate of drug-likeness (QED) is 0.216. The fourth-order valence-electron chi connectivity index (χ4n) is 3.69. The number of piperidine rings is 1. The number of anilines is 2. The van der Waals surface area contributed by atoms with Crippen LogP contribution in [-0.4, -0.2) is 69.8 Å². The van der Waals surface area contributed by atoms with Crippen molar-refractivity contribution >= 4 is 25.4 Å². The van der Waals surface area contributed by atoms with Gasteiger partial charge in [0.15, 0.2) is 11.6 Å². The molecule has 37 heavy (non-hydrogen) atoms. The van der Waals surface area contributed by atoms with Crippen molar-refractivity contribution in [3.63, 3.8) is 0 Å². The molecule has 1 aliphatic heterocycles. The first-order valence-electron chi connectivity index (χ1n) is 11.8. The van der Waals surface area contributed by atoms with Gasteiger partial charge in [0.1, 0.15) is 6.10 Å². The van der Waals surface area contributed by atoms with Gasteiger partial charge in [0.25, 0.3) is 0 Å². The van der Waals surface area contributed by atoms with Gasteiger partial charge in [0.2, 0.25) is 11.7 Å². The van der Waals surface area contributed by atoms with Crippen LogP contribution >= 0.6 is 7.82 Å². The van der Waals surface area contributed by atoms with Gasteiger partial charge in [0, 0.05) is 43.9 Å². The lowest BCUT2D eigenvalue weighted by Gasteiger charge is -2.32. The number of hydrogen-bond donors (Lipinski definition) is 3. The molecule has 0 bridgehead atoms. The second-order valence-corrected chi connectivity index (χ2v) is 9.86. The molecule has 14 heteroatoms. The number of carbonyl (C=O) groups excluding carboxylic acids is 1. The second kappa shape index (κ2) is 13.0. The summed E-state index contributed by atoms with van der Waals surface area (Å²) in [6, 6.07) is 4.73. The van der Waals surface area contributed by atoms with Crippen molar-refractivity contribution in [2.24, 2.45) is 0 Å². The van der Waals surface area contributed by atoms with Gasteiger partial charge in [-0.25, -0.2) is 19.3 Å². The first-order chi connectivity index (χ1) is 17.6. The maximum Gasteiger partial charge on any atom is 0.469 e. The maximum atomic E-state index is 14.7. The molecule has 3 heterocycles. The van der Waals surface area contributed by atoms with E-state index < -0.39 is 13.8 Å². The summed E-state index contributed by atoms with van der Waals surface area (Å²) < 4.78 is 46.6. The number of aryl methyl sites for hydroxylation is 1. The molecular weight excluding hydrogens is 510 g/mol. The molecule has 1 saturated heterocycles. The standard InChI is InChI=1S/C23H32FN4O8P/c1-15(2)35-23(29)28-12-9-17(10-13-28)36-19-8-11-25-22(20(19)33-3)27-18-7-6-16(26-21(18)24)5-4-14-34-37(30,31)32/h6-8,11,15,17H,4-5,9-10,12-14H2,1-3H3,(H,25,27)(H2,30,31,32). The third kappa shape index (κ3) is 8.81. The van der Waals surface area contributed by atoms with E-state index in [2.05, 4.69) is 19.8 Å². The van der Waals surface area contributed by atoms with Crippen LogP contribution in [0.5, 0.6) is 11.5 Å². The number of pyridine rings is 2. The molecule has 2 aromatic heterocycles. The number of likely N-dealkylation sites (tertiary alicyclic amines) is 1. The second-order valence-electron chi connectivity index (χ2n) is 8.62. The molecule has 0 saturated carbocycles. The monoisotopic (exact) mass is 542 g/mol. The van der Waals surface area contributed by atoms with Gasteiger partial charge in [0.05, 0.1) is 25.5 Å². The summed E-state index contributed by atoms with van der Waals surface area (Å²) in [4.78, 5) is 39.3. The van der Waals surface area contributed by atoms with Crippen LogP contribution in [0.15, 0.2) is 24.4 Å². The SMILES string of the molecule is COc1c(OC2CCN(C(=O)OC(C)C)CC2)ccnc1Nc1ccc(CCCOP(=O)(O)O)nc1F. The Hall–Kier alpha value is -2.99. The van der Waals surface area contributed by atoms with E-state index in [9.17, 15) is 13.8 Å². The minimum atomic E-state index is -4.53. The highest BCUT2D eigenvalue weighted by Crippen LogP contribution is 2.37.